The summed E-state index contributed by atoms with van der Waals surface area (Å²) in [6.07, 6.45) is 0. The molecule has 1 rings (SSSR count). The first kappa shape index (κ1) is 10.7. The van der Waals surface area contributed by atoms with E-state index >= 15 is 0 Å². The van der Waals surface area contributed by atoms with Crippen LogP contribution < -0.4 is 9.83 Å². The van der Waals surface area contributed by atoms with Gasteiger partial charge in [-0.25, -0.2) is 0 Å². The van der Waals surface area contributed by atoms with Crippen LogP contribution in [0.5, 0.6) is 0 Å². The quantitative estimate of drug-likeness (QED) is 0.704. The van der Waals surface area contributed by atoms with Crippen LogP contribution in [0.4, 0.5) is 0 Å². The van der Waals surface area contributed by atoms with Crippen LogP contribution in [0.25, 0.3) is 0 Å². The van der Waals surface area contributed by atoms with Crippen LogP contribution >= 0.6 is 0 Å². The minimum absolute atomic E-state index is 0.639. The fourth-order valence-electron chi connectivity index (χ4n) is 1.41. The monoisotopic (exact) mass is 204 g/mol. The molecule has 0 aliphatic heterocycles. The van der Waals surface area contributed by atoms with E-state index in [0.717, 1.165) is 0 Å². The molecular formula is C10H14NSi2. The van der Waals surface area contributed by atoms with E-state index in [2.05, 4.69) is 48.8 Å². The predicted molar refractivity (Wildman–Crippen MR) is 59.7 cm³/mol. The normalized spacial score (nSPS) is 10.5. The number of rotatable bonds is 2. The second-order valence-electron chi connectivity index (χ2n) is 3.37. The molecule has 0 aliphatic rings. The highest BCUT2D eigenvalue weighted by molar-refractivity contribution is 6.57. The maximum absolute atomic E-state index is 3.30. The lowest BCUT2D eigenvalue weighted by Gasteiger charge is -2.13. The van der Waals surface area contributed by atoms with Gasteiger partial charge in [0.15, 0.2) is 9.68 Å². The Balaban J connectivity index is 3.24. The molecule has 0 atom stereocenters. The van der Waals surface area contributed by atoms with Gasteiger partial charge in [-0.1, -0.05) is 6.07 Å². The van der Waals surface area contributed by atoms with Crippen LogP contribution in [-0.4, -0.2) is 20.1 Å². The highest BCUT2D eigenvalue weighted by Crippen LogP contribution is 2.13. The van der Waals surface area contributed by atoms with Crippen molar-refractivity contribution in [3.05, 3.63) is 28.3 Å². The van der Waals surface area contributed by atoms with Gasteiger partial charge < -0.3 is 4.65 Å². The summed E-state index contributed by atoms with van der Waals surface area (Å²) in [5.74, 6) is 0. The average molecular weight is 204 g/mol. The van der Waals surface area contributed by atoms with E-state index in [1.165, 1.54) is 27.4 Å². The molecule has 0 aromatic heterocycles. The van der Waals surface area contributed by atoms with Crippen molar-refractivity contribution in [2.45, 2.75) is 27.7 Å². The fourth-order valence-corrected chi connectivity index (χ4v) is 2.61. The second-order valence-corrected chi connectivity index (χ2v) is 5.15. The molecule has 0 fully saturated rings. The number of benzene rings is 1. The van der Waals surface area contributed by atoms with E-state index in [9.17, 15) is 0 Å². The molecule has 1 aromatic carbocycles. The van der Waals surface area contributed by atoms with Crippen LogP contribution in [0.15, 0.2) is 6.07 Å². The molecule has 0 heterocycles. The first-order valence-corrected chi connectivity index (χ1v) is 5.83. The summed E-state index contributed by atoms with van der Waals surface area (Å²) in [5, 5.41) is 1.40. The molecule has 0 saturated heterocycles. The summed E-state index contributed by atoms with van der Waals surface area (Å²) in [6.45, 7) is 8.74. The fraction of sp³-hybridized carbons (Fsp3) is 0.400. The smallest absolute Gasteiger partial charge is 0.172 e. The highest BCUT2D eigenvalue weighted by Gasteiger charge is 2.06. The van der Waals surface area contributed by atoms with Crippen LogP contribution in [-0.2, 0) is 0 Å². The van der Waals surface area contributed by atoms with Crippen LogP contribution in [0, 0.1) is 27.7 Å². The minimum Gasteiger partial charge on any atom is -0.361 e. The number of nitrogens with one attached hydrogen (secondary N) is 1. The van der Waals surface area contributed by atoms with E-state index in [4.69, 9.17) is 0 Å². The van der Waals surface area contributed by atoms with Crippen molar-refractivity contribution < 1.29 is 0 Å². The van der Waals surface area contributed by atoms with Gasteiger partial charge in [-0.3, -0.25) is 0 Å². The van der Waals surface area contributed by atoms with Crippen molar-refractivity contribution in [2.75, 3.05) is 0 Å². The topological polar surface area (TPSA) is 12.0 Å². The number of aryl methyl sites for hydroxylation is 1. The molecule has 0 saturated carbocycles. The van der Waals surface area contributed by atoms with Gasteiger partial charge in [-0.2, -0.15) is 0 Å². The van der Waals surface area contributed by atoms with E-state index in [1.54, 1.807) is 0 Å². The molecule has 67 valence electrons. The summed E-state index contributed by atoms with van der Waals surface area (Å²) < 4.78 is 3.03. The standard InChI is InChI=1S/C10H14NSi2/c1-6-5-10(13-11-12)9(4)8(3)7(6)2/h5,11H,1-4H3. The van der Waals surface area contributed by atoms with E-state index in [-0.39, 0.29) is 0 Å². The van der Waals surface area contributed by atoms with Crippen molar-refractivity contribution in [3.63, 3.8) is 0 Å². The first-order chi connectivity index (χ1) is 6.07. The Bertz CT molecular complexity index is 321. The third-order valence-corrected chi connectivity index (χ3v) is 3.97. The predicted octanol–water partition coefficient (Wildman–Crippen LogP) is 0.838. The summed E-state index contributed by atoms with van der Waals surface area (Å²) in [7, 11) is 3.94. The molecule has 0 aliphatic carbocycles. The van der Waals surface area contributed by atoms with Crippen molar-refractivity contribution >= 4 is 25.3 Å². The second kappa shape index (κ2) is 4.22. The molecule has 1 N–H and O–H groups in total. The Morgan fingerprint density at radius 3 is 2.23 bits per heavy atom. The lowest BCUT2D eigenvalue weighted by Crippen LogP contribution is -2.31. The maximum Gasteiger partial charge on any atom is 0.172 e. The van der Waals surface area contributed by atoms with Gasteiger partial charge in [0, 0.05) is 0 Å². The Morgan fingerprint density at radius 2 is 1.69 bits per heavy atom. The maximum atomic E-state index is 3.30. The number of hydrogen-bond acceptors (Lipinski definition) is 1. The molecule has 0 unspecified atom stereocenters. The zero-order chi connectivity index (χ0) is 10.0. The van der Waals surface area contributed by atoms with Crippen LogP contribution in [0.1, 0.15) is 22.3 Å². The molecule has 13 heavy (non-hydrogen) atoms. The lowest BCUT2D eigenvalue weighted by atomic mass is 10.00. The SMILES string of the molecule is Cc1cc([Si]N[Si])c(C)c(C)c1C. The average Bonchev–Trinajstić information content (AvgIpc) is 2.11. The molecule has 5 radical (unpaired) electrons. The van der Waals surface area contributed by atoms with E-state index in [0.29, 0.717) is 9.68 Å². The van der Waals surface area contributed by atoms with Gasteiger partial charge in [0.25, 0.3) is 0 Å². The van der Waals surface area contributed by atoms with Gasteiger partial charge in [-0.15, -0.1) is 0 Å². The zero-order valence-electron chi connectivity index (χ0n) is 8.58. The Kier molecular flexibility index (Phi) is 3.47. The highest BCUT2D eigenvalue weighted by atomic mass is 28.3. The summed E-state index contributed by atoms with van der Waals surface area (Å²) in [6, 6.07) is 2.27. The molecule has 0 amide bonds. The van der Waals surface area contributed by atoms with Crippen molar-refractivity contribution in [2.24, 2.45) is 0 Å². The zero-order valence-corrected chi connectivity index (χ0v) is 10.6. The summed E-state index contributed by atoms with van der Waals surface area (Å²) in [5.41, 5.74) is 5.63. The largest absolute Gasteiger partial charge is 0.361 e. The van der Waals surface area contributed by atoms with Crippen LogP contribution in [0.2, 0.25) is 0 Å². The summed E-state index contributed by atoms with van der Waals surface area (Å²) >= 11 is 0. The van der Waals surface area contributed by atoms with Gasteiger partial charge in [-0.05, 0) is 55.1 Å². The number of hydrogen-bond donors (Lipinski definition) is 1. The molecule has 0 bridgehead atoms. The van der Waals surface area contributed by atoms with Crippen molar-refractivity contribution in [1.29, 1.82) is 0 Å². The van der Waals surface area contributed by atoms with Crippen molar-refractivity contribution in [3.8, 4) is 0 Å². The van der Waals surface area contributed by atoms with Gasteiger partial charge in [0.1, 0.15) is 10.4 Å². The third kappa shape index (κ3) is 2.10. The van der Waals surface area contributed by atoms with Gasteiger partial charge in [0.2, 0.25) is 0 Å². The lowest BCUT2D eigenvalue weighted by molar-refractivity contribution is 1.23. The molecule has 0 spiro atoms. The molecule has 1 nitrogen and oxygen atoms in total. The van der Waals surface area contributed by atoms with E-state index in [1.807, 2.05) is 0 Å². The third-order valence-electron chi connectivity index (χ3n) is 2.68. The van der Waals surface area contributed by atoms with Crippen LogP contribution in [0.3, 0.4) is 0 Å². The van der Waals surface area contributed by atoms with Gasteiger partial charge in [0.05, 0.1) is 0 Å². The van der Waals surface area contributed by atoms with E-state index < -0.39 is 0 Å². The molecular weight excluding hydrogens is 190 g/mol. The minimum atomic E-state index is 0.639. The Labute approximate surface area is 86.3 Å². The first-order valence-electron chi connectivity index (χ1n) is 4.33. The van der Waals surface area contributed by atoms with Gasteiger partial charge >= 0.3 is 0 Å². The molecule has 1 aromatic rings. The summed E-state index contributed by atoms with van der Waals surface area (Å²) in [4.78, 5) is 0. The Morgan fingerprint density at radius 1 is 1.08 bits per heavy atom. The Hall–Kier alpha value is -0.386. The molecule has 3 heteroatoms. The van der Waals surface area contributed by atoms with Crippen molar-refractivity contribution in [1.82, 2.24) is 4.65 Å².